The minimum absolute atomic E-state index is 0. The van der Waals surface area contributed by atoms with Gasteiger partial charge in [-0.15, -0.1) is 24.0 Å². The van der Waals surface area contributed by atoms with Gasteiger partial charge in [0.15, 0.2) is 5.96 Å². The van der Waals surface area contributed by atoms with Crippen molar-refractivity contribution in [1.82, 2.24) is 25.4 Å². The molecule has 0 radical (unpaired) electrons. The number of hydrogen-bond acceptors (Lipinski definition) is 3. The molecule has 1 saturated carbocycles. The predicted molar refractivity (Wildman–Crippen MR) is 114 cm³/mol. The van der Waals surface area contributed by atoms with E-state index < -0.39 is 0 Å². The first-order valence-corrected chi connectivity index (χ1v) is 9.18. The molecule has 2 aliphatic rings. The van der Waals surface area contributed by atoms with Crippen molar-refractivity contribution in [2.24, 2.45) is 4.99 Å². The van der Waals surface area contributed by atoms with Crippen LogP contribution in [0.3, 0.4) is 0 Å². The summed E-state index contributed by atoms with van der Waals surface area (Å²) in [4.78, 5) is 8.98. The van der Waals surface area contributed by atoms with E-state index >= 15 is 0 Å². The SMILES string of the molecule is CN=C(NC1CCCn2nc(C)nc21)NC1CC1c1cccc(Cl)c1.I. The molecule has 8 heteroatoms. The van der Waals surface area contributed by atoms with Gasteiger partial charge in [0.1, 0.15) is 11.6 Å². The average molecular weight is 487 g/mol. The fraction of sp³-hybridized carbons (Fsp3) is 0.500. The topological polar surface area (TPSA) is 67.1 Å². The molecule has 2 N–H and O–H groups in total. The van der Waals surface area contributed by atoms with Gasteiger partial charge >= 0.3 is 0 Å². The van der Waals surface area contributed by atoms with Gasteiger partial charge in [-0.3, -0.25) is 4.99 Å². The van der Waals surface area contributed by atoms with E-state index in [0.29, 0.717) is 12.0 Å². The fourth-order valence-electron chi connectivity index (χ4n) is 3.58. The van der Waals surface area contributed by atoms with Crippen LogP contribution in [0.25, 0.3) is 0 Å². The summed E-state index contributed by atoms with van der Waals surface area (Å²) >= 11 is 6.10. The smallest absolute Gasteiger partial charge is 0.191 e. The molecule has 2 aromatic rings. The van der Waals surface area contributed by atoms with E-state index in [0.717, 1.165) is 48.4 Å². The summed E-state index contributed by atoms with van der Waals surface area (Å²) < 4.78 is 2.01. The number of nitrogens with zero attached hydrogens (tertiary/aromatic N) is 4. The van der Waals surface area contributed by atoms with Gasteiger partial charge in [-0.25, -0.2) is 9.67 Å². The Balaban J connectivity index is 0.00000196. The van der Waals surface area contributed by atoms with Crippen molar-refractivity contribution >= 4 is 41.5 Å². The highest BCUT2D eigenvalue weighted by Crippen LogP contribution is 2.41. The fourth-order valence-corrected chi connectivity index (χ4v) is 3.78. The van der Waals surface area contributed by atoms with Gasteiger partial charge in [-0.05, 0) is 43.9 Å². The van der Waals surface area contributed by atoms with Gasteiger partial charge < -0.3 is 10.6 Å². The molecule has 1 aliphatic heterocycles. The van der Waals surface area contributed by atoms with Gasteiger partial charge in [0.2, 0.25) is 0 Å². The quantitative estimate of drug-likeness (QED) is 0.396. The van der Waals surface area contributed by atoms with Crippen LogP contribution < -0.4 is 10.6 Å². The highest BCUT2D eigenvalue weighted by Gasteiger charge is 2.39. The Labute approximate surface area is 175 Å². The maximum Gasteiger partial charge on any atom is 0.191 e. The van der Waals surface area contributed by atoms with Crippen LogP contribution in [0.15, 0.2) is 29.3 Å². The lowest BCUT2D eigenvalue weighted by molar-refractivity contribution is 0.397. The van der Waals surface area contributed by atoms with E-state index in [1.54, 1.807) is 0 Å². The zero-order chi connectivity index (χ0) is 17.4. The maximum absolute atomic E-state index is 6.10. The molecule has 3 atom stereocenters. The molecule has 0 bridgehead atoms. The normalized spacial score (nSPS) is 24.4. The van der Waals surface area contributed by atoms with Crippen molar-refractivity contribution in [1.29, 1.82) is 0 Å². The van der Waals surface area contributed by atoms with Crippen LogP contribution in [-0.2, 0) is 6.54 Å². The zero-order valence-corrected chi connectivity index (χ0v) is 18.0. The van der Waals surface area contributed by atoms with Crippen LogP contribution >= 0.6 is 35.6 Å². The van der Waals surface area contributed by atoms with Crippen LogP contribution in [0.5, 0.6) is 0 Å². The molecule has 1 aliphatic carbocycles. The Bertz CT molecular complexity index is 805. The number of rotatable bonds is 3. The van der Waals surface area contributed by atoms with E-state index in [-0.39, 0.29) is 30.0 Å². The van der Waals surface area contributed by atoms with Gasteiger partial charge in [0.05, 0.1) is 6.04 Å². The molecule has 3 unspecified atom stereocenters. The molecule has 1 aromatic carbocycles. The lowest BCUT2D eigenvalue weighted by atomic mass is 10.1. The third-order valence-electron chi connectivity index (χ3n) is 4.90. The summed E-state index contributed by atoms with van der Waals surface area (Å²) in [5, 5.41) is 12.3. The van der Waals surface area contributed by atoms with E-state index in [2.05, 4.69) is 37.8 Å². The minimum atomic E-state index is 0. The number of aliphatic imine (C=N–C) groups is 1. The van der Waals surface area contributed by atoms with Gasteiger partial charge in [0.25, 0.3) is 0 Å². The molecule has 0 spiro atoms. The van der Waals surface area contributed by atoms with Crippen LogP contribution in [0.2, 0.25) is 5.02 Å². The molecule has 1 fully saturated rings. The third kappa shape index (κ3) is 4.14. The minimum Gasteiger partial charge on any atom is -0.353 e. The van der Waals surface area contributed by atoms with Crippen LogP contribution in [0.1, 0.15) is 48.4 Å². The second-order valence-electron chi connectivity index (χ2n) is 6.80. The number of aromatic nitrogens is 3. The van der Waals surface area contributed by atoms with Crippen LogP contribution in [0.4, 0.5) is 0 Å². The Morgan fingerprint density at radius 3 is 2.96 bits per heavy atom. The second kappa shape index (κ2) is 8.12. The van der Waals surface area contributed by atoms with Crippen LogP contribution in [0, 0.1) is 6.92 Å². The van der Waals surface area contributed by atoms with E-state index in [9.17, 15) is 0 Å². The van der Waals surface area contributed by atoms with Crippen molar-refractivity contribution in [3.05, 3.63) is 46.5 Å². The number of halogens is 2. The number of nitrogens with one attached hydrogen (secondary N) is 2. The number of hydrogen-bond donors (Lipinski definition) is 2. The molecule has 140 valence electrons. The summed E-state index contributed by atoms with van der Waals surface area (Å²) in [5.74, 6) is 3.16. The maximum atomic E-state index is 6.10. The second-order valence-corrected chi connectivity index (χ2v) is 7.24. The number of guanidine groups is 1. The van der Waals surface area contributed by atoms with Crippen molar-refractivity contribution in [2.45, 2.75) is 50.7 Å². The first-order valence-electron chi connectivity index (χ1n) is 8.80. The largest absolute Gasteiger partial charge is 0.353 e. The lowest BCUT2D eigenvalue weighted by Gasteiger charge is -2.25. The molecule has 0 saturated heterocycles. The molecule has 2 heterocycles. The summed E-state index contributed by atoms with van der Waals surface area (Å²) in [5.41, 5.74) is 1.29. The van der Waals surface area contributed by atoms with Crippen molar-refractivity contribution in [2.75, 3.05) is 7.05 Å². The molecular formula is C18H24ClIN6. The molecule has 6 nitrogen and oxygen atoms in total. The molecule has 0 amide bonds. The van der Waals surface area contributed by atoms with Crippen molar-refractivity contribution < 1.29 is 0 Å². The standard InChI is InChI=1S/C18H23ClN6.HI/c1-11-21-17-15(7-4-8-25(17)24-11)22-18(20-2)23-16-10-14(16)12-5-3-6-13(19)9-12;/h3,5-6,9,14-16H,4,7-8,10H2,1-2H3,(H2,20,22,23);1H. The van der Waals surface area contributed by atoms with Crippen molar-refractivity contribution in [3.63, 3.8) is 0 Å². The summed E-state index contributed by atoms with van der Waals surface area (Å²) in [6.07, 6.45) is 3.24. The van der Waals surface area contributed by atoms with Gasteiger partial charge in [0, 0.05) is 30.6 Å². The summed E-state index contributed by atoms with van der Waals surface area (Å²) in [7, 11) is 1.81. The highest BCUT2D eigenvalue weighted by molar-refractivity contribution is 14.0. The van der Waals surface area contributed by atoms with E-state index in [1.807, 2.05) is 30.8 Å². The molecular weight excluding hydrogens is 463 g/mol. The molecule has 4 rings (SSSR count). The number of aryl methyl sites for hydroxylation is 2. The molecule has 1 aromatic heterocycles. The Morgan fingerprint density at radius 2 is 2.19 bits per heavy atom. The van der Waals surface area contributed by atoms with Gasteiger partial charge in [-0.2, -0.15) is 5.10 Å². The van der Waals surface area contributed by atoms with Crippen LogP contribution in [-0.4, -0.2) is 33.8 Å². The van der Waals surface area contributed by atoms with Crippen molar-refractivity contribution in [3.8, 4) is 0 Å². The number of fused-ring (bicyclic) bond motifs is 1. The Hall–Kier alpha value is -1.35. The third-order valence-corrected chi connectivity index (χ3v) is 5.14. The Kier molecular flexibility index (Phi) is 6.06. The zero-order valence-electron chi connectivity index (χ0n) is 14.9. The monoisotopic (exact) mass is 486 g/mol. The number of benzene rings is 1. The summed E-state index contributed by atoms with van der Waals surface area (Å²) in [6.45, 7) is 2.88. The van der Waals surface area contributed by atoms with E-state index in [4.69, 9.17) is 11.6 Å². The molecule has 26 heavy (non-hydrogen) atoms. The van der Waals surface area contributed by atoms with Gasteiger partial charge in [-0.1, -0.05) is 23.7 Å². The highest BCUT2D eigenvalue weighted by atomic mass is 127. The Morgan fingerprint density at radius 1 is 1.35 bits per heavy atom. The first-order chi connectivity index (χ1) is 12.1. The van der Waals surface area contributed by atoms with E-state index in [1.165, 1.54) is 5.56 Å². The summed E-state index contributed by atoms with van der Waals surface area (Å²) in [6, 6.07) is 8.67. The predicted octanol–water partition coefficient (Wildman–Crippen LogP) is 3.41. The lowest BCUT2D eigenvalue weighted by Crippen LogP contribution is -2.42. The first kappa shape index (κ1) is 19.4. The average Bonchev–Trinajstić information content (AvgIpc) is 3.25.